The third-order valence-corrected chi connectivity index (χ3v) is 2.89. The van der Waals surface area contributed by atoms with Crippen molar-refractivity contribution in [2.24, 2.45) is 11.7 Å². The number of carbonyl (C=O) groups is 1. The Morgan fingerprint density at radius 3 is 2.50 bits per heavy atom. The Balaban J connectivity index is 2.75. The second-order valence-electron chi connectivity index (χ2n) is 4.04. The van der Waals surface area contributed by atoms with Gasteiger partial charge in [-0.05, 0) is 24.6 Å². The van der Waals surface area contributed by atoms with E-state index in [1.807, 2.05) is 26.0 Å². The highest BCUT2D eigenvalue weighted by Crippen LogP contribution is 2.19. The maximum Gasteiger partial charge on any atom is 0.226 e. The topological polar surface area (TPSA) is 59.2 Å². The monoisotopic (exact) mass is 221 g/mol. The van der Waals surface area contributed by atoms with Crippen LogP contribution in [0.4, 0.5) is 0 Å². The molecule has 1 aromatic rings. The van der Waals surface area contributed by atoms with E-state index in [1.54, 1.807) is 24.3 Å². The van der Waals surface area contributed by atoms with E-state index in [2.05, 4.69) is 4.98 Å². The van der Waals surface area contributed by atoms with Gasteiger partial charge in [-0.1, -0.05) is 6.92 Å². The minimum atomic E-state index is -0.130. The van der Waals surface area contributed by atoms with Gasteiger partial charge in [0.05, 0.1) is 6.04 Å². The number of nitrogens with zero attached hydrogens (tertiary/aromatic N) is 2. The van der Waals surface area contributed by atoms with E-state index < -0.39 is 0 Å². The summed E-state index contributed by atoms with van der Waals surface area (Å²) in [5, 5.41) is 0. The lowest BCUT2D eigenvalue weighted by Gasteiger charge is -2.27. The van der Waals surface area contributed by atoms with E-state index >= 15 is 0 Å². The van der Waals surface area contributed by atoms with Gasteiger partial charge in [-0.15, -0.1) is 0 Å². The van der Waals surface area contributed by atoms with Crippen molar-refractivity contribution < 1.29 is 4.79 Å². The number of carbonyl (C=O) groups excluding carboxylic acids is 1. The van der Waals surface area contributed by atoms with Crippen LogP contribution in [0.3, 0.4) is 0 Å². The SMILES string of the molecule is CC(CN)C(=O)N(C)C(C)c1ccncc1. The van der Waals surface area contributed by atoms with Crippen LogP contribution in [0.15, 0.2) is 24.5 Å². The number of pyridine rings is 1. The van der Waals surface area contributed by atoms with E-state index in [4.69, 9.17) is 5.73 Å². The molecule has 4 heteroatoms. The van der Waals surface area contributed by atoms with Gasteiger partial charge in [0.15, 0.2) is 0 Å². The minimum Gasteiger partial charge on any atom is -0.339 e. The Bertz CT molecular complexity index is 339. The van der Waals surface area contributed by atoms with Gasteiger partial charge in [-0.2, -0.15) is 0 Å². The van der Waals surface area contributed by atoms with Gasteiger partial charge in [0.25, 0.3) is 0 Å². The Morgan fingerprint density at radius 2 is 2.00 bits per heavy atom. The zero-order valence-electron chi connectivity index (χ0n) is 10.1. The van der Waals surface area contributed by atoms with E-state index in [0.29, 0.717) is 6.54 Å². The molecule has 0 aliphatic rings. The normalized spacial score (nSPS) is 14.2. The summed E-state index contributed by atoms with van der Waals surface area (Å²) >= 11 is 0. The first kappa shape index (κ1) is 12.6. The molecule has 1 aromatic heterocycles. The maximum absolute atomic E-state index is 11.9. The van der Waals surface area contributed by atoms with Crippen LogP contribution in [0, 0.1) is 5.92 Å². The second-order valence-corrected chi connectivity index (χ2v) is 4.04. The van der Waals surface area contributed by atoms with E-state index in [0.717, 1.165) is 5.56 Å². The molecular formula is C12H19N3O. The zero-order valence-corrected chi connectivity index (χ0v) is 10.1. The standard InChI is InChI=1S/C12H19N3O/c1-9(8-13)12(16)15(3)10(2)11-4-6-14-7-5-11/h4-7,9-10H,8,13H2,1-3H3. The molecule has 0 aliphatic carbocycles. The molecule has 0 radical (unpaired) electrons. The number of hydrogen-bond donors (Lipinski definition) is 1. The lowest BCUT2D eigenvalue weighted by atomic mass is 10.1. The van der Waals surface area contributed by atoms with Crippen LogP contribution in [0.25, 0.3) is 0 Å². The molecule has 88 valence electrons. The second kappa shape index (κ2) is 5.61. The molecular weight excluding hydrogens is 202 g/mol. The quantitative estimate of drug-likeness (QED) is 0.831. The van der Waals surface area contributed by atoms with Crippen molar-refractivity contribution in [2.75, 3.05) is 13.6 Å². The molecule has 2 N–H and O–H groups in total. The van der Waals surface area contributed by atoms with Crippen molar-refractivity contribution in [1.82, 2.24) is 9.88 Å². The van der Waals surface area contributed by atoms with E-state index in [9.17, 15) is 4.79 Å². The first-order chi connectivity index (χ1) is 7.57. The number of nitrogens with two attached hydrogens (primary N) is 1. The molecule has 0 bridgehead atoms. The van der Waals surface area contributed by atoms with E-state index in [1.165, 1.54) is 0 Å². The van der Waals surface area contributed by atoms with Crippen molar-refractivity contribution in [3.05, 3.63) is 30.1 Å². The van der Waals surface area contributed by atoms with Crippen molar-refractivity contribution >= 4 is 5.91 Å². The lowest BCUT2D eigenvalue weighted by Crippen LogP contribution is -2.36. The van der Waals surface area contributed by atoms with Crippen molar-refractivity contribution in [3.63, 3.8) is 0 Å². The minimum absolute atomic E-state index is 0.0458. The summed E-state index contributed by atoms with van der Waals surface area (Å²) in [4.78, 5) is 17.6. The maximum atomic E-state index is 11.9. The fraction of sp³-hybridized carbons (Fsp3) is 0.500. The van der Waals surface area contributed by atoms with Crippen molar-refractivity contribution in [1.29, 1.82) is 0 Å². The predicted molar refractivity (Wildman–Crippen MR) is 63.6 cm³/mol. The lowest BCUT2D eigenvalue weighted by molar-refractivity contribution is -0.135. The number of hydrogen-bond acceptors (Lipinski definition) is 3. The third-order valence-electron chi connectivity index (χ3n) is 2.89. The molecule has 1 amide bonds. The third kappa shape index (κ3) is 2.79. The summed E-state index contributed by atoms with van der Waals surface area (Å²) in [6, 6.07) is 3.88. The van der Waals surface area contributed by atoms with Crippen LogP contribution >= 0.6 is 0 Å². The van der Waals surface area contributed by atoms with Gasteiger partial charge in [-0.25, -0.2) is 0 Å². The van der Waals surface area contributed by atoms with Gasteiger partial charge in [0.1, 0.15) is 0 Å². The van der Waals surface area contributed by atoms with Crippen LogP contribution in [0.1, 0.15) is 25.5 Å². The molecule has 0 fully saturated rings. The Hall–Kier alpha value is -1.42. The number of amides is 1. The highest BCUT2D eigenvalue weighted by molar-refractivity contribution is 5.78. The summed E-state index contributed by atoms with van der Waals surface area (Å²) in [5.74, 6) is -0.0545. The van der Waals surface area contributed by atoms with Crippen LogP contribution in [-0.4, -0.2) is 29.4 Å². The molecule has 1 rings (SSSR count). The largest absolute Gasteiger partial charge is 0.339 e. The molecule has 0 saturated carbocycles. The molecule has 0 aromatic carbocycles. The van der Waals surface area contributed by atoms with Crippen molar-refractivity contribution in [3.8, 4) is 0 Å². The van der Waals surface area contributed by atoms with Crippen LogP contribution in [-0.2, 0) is 4.79 Å². The molecule has 2 unspecified atom stereocenters. The number of aromatic nitrogens is 1. The Morgan fingerprint density at radius 1 is 1.44 bits per heavy atom. The van der Waals surface area contributed by atoms with Crippen LogP contribution in [0.2, 0.25) is 0 Å². The van der Waals surface area contributed by atoms with E-state index in [-0.39, 0.29) is 17.9 Å². The van der Waals surface area contributed by atoms with Gasteiger partial charge in [0.2, 0.25) is 5.91 Å². The van der Waals surface area contributed by atoms with Gasteiger partial charge in [-0.3, -0.25) is 9.78 Å². The summed E-state index contributed by atoms with van der Waals surface area (Å²) < 4.78 is 0. The summed E-state index contributed by atoms with van der Waals surface area (Å²) in [5.41, 5.74) is 6.57. The van der Waals surface area contributed by atoms with Crippen LogP contribution < -0.4 is 5.73 Å². The molecule has 0 aliphatic heterocycles. The molecule has 2 atom stereocenters. The summed E-state index contributed by atoms with van der Waals surface area (Å²) in [6.45, 7) is 4.22. The van der Waals surface area contributed by atoms with Crippen molar-refractivity contribution in [2.45, 2.75) is 19.9 Å². The first-order valence-corrected chi connectivity index (χ1v) is 5.44. The fourth-order valence-corrected chi connectivity index (χ4v) is 1.50. The summed E-state index contributed by atoms with van der Waals surface area (Å²) in [7, 11) is 1.81. The average molecular weight is 221 g/mol. The fourth-order valence-electron chi connectivity index (χ4n) is 1.50. The molecule has 16 heavy (non-hydrogen) atoms. The van der Waals surface area contributed by atoms with Gasteiger partial charge in [0, 0.05) is 31.9 Å². The molecule has 0 saturated heterocycles. The Kier molecular flexibility index (Phi) is 4.43. The predicted octanol–water partition coefficient (Wildman–Crippen LogP) is 1.20. The summed E-state index contributed by atoms with van der Waals surface area (Å²) in [6.07, 6.45) is 3.47. The highest BCUT2D eigenvalue weighted by Gasteiger charge is 2.21. The van der Waals surface area contributed by atoms with Gasteiger partial charge >= 0.3 is 0 Å². The Labute approximate surface area is 96.5 Å². The highest BCUT2D eigenvalue weighted by atomic mass is 16.2. The van der Waals surface area contributed by atoms with Gasteiger partial charge < -0.3 is 10.6 Å². The molecule has 1 heterocycles. The zero-order chi connectivity index (χ0) is 12.1. The molecule has 0 spiro atoms. The van der Waals surface area contributed by atoms with Crippen LogP contribution in [0.5, 0.6) is 0 Å². The smallest absolute Gasteiger partial charge is 0.226 e. The number of rotatable bonds is 4. The molecule has 4 nitrogen and oxygen atoms in total. The average Bonchev–Trinajstić information content (AvgIpc) is 2.36. The first-order valence-electron chi connectivity index (χ1n) is 5.44.